The van der Waals surface area contributed by atoms with Gasteiger partial charge in [0.1, 0.15) is 11.2 Å². The highest BCUT2D eigenvalue weighted by Gasteiger charge is 2.22. The lowest BCUT2D eigenvalue weighted by Gasteiger charge is -2.29. The number of hydrogen-bond acceptors (Lipinski definition) is 2. The van der Waals surface area contributed by atoms with Gasteiger partial charge in [-0.3, -0.25) is 0 Å². The molecule has 11 aromatic carbocycles. The number of para-hydroxylation sites is 4. The van der Waals surface area contributed by atoms with Gasteiger partial charge in [0, 0.05) is 49.4 Å². The average Bonchev–Trinajstić information content (AvgIpc) is 3.93. The first-order valence-electron chi connectivity index (χ1n) is 22.2. The molecule has 3 nitrogen and oxygen atoms in total. The normalized spacial score (nSPS) is 11.7. The van der Waals surface area contributed by atoms with Crippen molar-refractivity contribution in [3.63, 3.8) is 0 Å². The van der Waals surface area contributed by atoms with Crippen LogP contribution in [0.3, 0.4) is 0 Å². The molecule has 0 aliphatic heterocycles. The Labute approximate surface area is 376 Å². The molecule has 2 heterocycles. The van der Waals surface area contributed by atoms with Crippen LogP contribution in [0.4, 0.5) is 17.1 Å². The molecule has 0 fully saturated rings. The summed E-state index contributed by atoms with van der Waals surface area (Å²) < 4.78 is 9.13. The Hall–Kier alpha value is -8.66. The van der Waals surface area contributed by atoms with Crippen molar-refractivity contribution in [3.05, 3.63) is 243 Å². The van der Waals surface area contributed by atoms with E-state index in [9.17, 15) is 0 Å². The zero-order valence-corrected chi connectivity index (χ0v) is 35.4. The number of benzene rings is 11. The molecular formula is C62H40N2O. The maximum absolute atomic E-state index is 6.72. The molecule has 0 spiro atoms. The van der Waals surface area contributed by atoms with E-state index in [0.29, 0.717) is 0 Å². The Morgan fingerprint density at radius 2 is 0.938 bits per heavy atom. The first-order chi connectivity index (χ1) is 32.2. The van der Waals surface area contributed by atoms with Gasteiger partial charge < -0.3 is 13.9 Å². The first-order valence-corrected chi connectivity index (χ1v) is 22.2. The van der Waals surface area contributed by atoms with Gasteiger partial charge in [0.25, 0.3) is 0 Å². The van der Waals surface area contributed by atoms with Crippen molar-refractivity contribution in [2.45, 2.75) is 0 Å². The Morgan fingerprint density at radius 3 is 1.75 bits per heavy atom. The number of rotatable bonds is 7. The SMILES string of the molecule is c1cc(-c2ccc3ccccc3c2)cc(N(c2ccc(-c3ccccc3-n3c4ccccc4c4ccccc43)cc2)c2ccccc2-c2cccc3oc4c5ccccc5ccc4c23)c1. The van der Waals surface area contributed by atoms with E-state index in [0.717, 1.165) is 72.3 Å². The number of hydrogen-bond donors (Lipinski definition) is 0. The summed E-state index contributed by atoms with van der Waals surface area (Å²) in [4.78, 5) is 2.42. The Morgan fingerprint density at radius 1 is 0.338 bits per heavy atom. The van der Waals surface area contributed by atoms with Gasteiger partial charge in [-0.2, -0.15) is 0 Å². The highest BCUT2D eigenvalue weighted by molar-refractivity contribution is 6.20. The monoisotopic (exact) mass is 828 g/mol. The van der Waals surface area contributed by atoms with Gasteiger partial charge in [-0.15, -0.1) is 0 Å². The van der Waals surface area contributed by atoms with E-state index in [2.05, 4.69) is 252 Å². The summed E-state index contributed by atoms with van der Waals surface area (Å²) in [6.45, 7) is 0. The fourth-order valence-electron chi connectivity index (χ4n) is 10.2. The second-order valence-corrected chi connectivity index (χ2v) is 16.8. The molecule has 0 saturated heterocycles. The quantitative estimate of drug-likeness (QED) is 0.160. The minimum atomic E-state index is 0.875. The first kappa shape index (κ1) is 36.9. The van der Waals surface area contributed by atoms with Crippen LogP contribution in [0.15, 0.2) is 247 Å². The van der Waals surface area contributed by atoms with Crippen LogP contribution in [0.5, 0.6) is 0 Å². The van der Waals surface area contributed by atoms with Crippen molar-refractivity contribution in [2.24, 2.45) is 0 Å². The van der Waals surface area contributed by atoms with Gasteiger partial charge in [0.2, 0.25) is 0 Å². The van der Waals surface area contributed by atoms with E-state index in [1.165, 1.54) is 49.1 Å². The van der Waals surface area contributed by atoms with Crippen molar-refractivity contribution in [1.29, 1.82) is 0 Å². The van der Waals surface area contributed by atoms with E-state index in [4.69, 9.17) is 4.42 Å². The fourth-order valence-corrected chi connectivity index (χ4v) is 10.2. The van der Waals surface area contributed by atoms with Gasteiger partial charge in [-0.25, -0.2) is 0 Å². The molecule has 0 aliphatic rings. The summed E-state index contributed by atoms with van der Waals surface area (Å²) in [6.07, 6.45) is 0. The number of aromatic nitrogens is 1. The van der Waals surface area contributed by atoms with Gasteiger partial charge >= 0.3 is 0 Å². The van der Waals surface area contributed by atoms with E-state index in [1.54, 1.807) is 0 Å². The lowest BCUT2D eigenvalue weighted by atomic mass is 9.95. The Bertz CT molecular complexity index is 3910. The lowest BCUT2D eigenvalue weighted by Crippen LogP contribution is -2.11. The molecule has 2 aromatic heterocycles. The summed E-state index contributed by atoms with van der Waals surface area (Å²) in [5, 5.41) is 9.47. The standard InChI is InChI=1S/C62H40N2O/c1-2-17-44-39-46(32-31-41(44)15-1)45-18-13-19-48(40-45)63(57-27-10-8-24-53(57)54-25-14-30-60-61(54)55-38-35-42-16-3-4-21-50(42)62(55)65-60)47-36-33-43(34-37-47)49-20-5-9-26-56(49)64-58-28-11-6-22-51(58)52-23-7-12-29-59(52)64/h1-40H. The van der Waals surface area contributed by atoms with Crippen molar-refractivity contribution >= 4 is 82.4 Å². The summed E-state index contributed by atoms with van der Waals surface area (Å²) in [7, 11) is 0. The summed E-state index contributed by atoms with van der Waals surface area (Å²) in [6, 6.07) is 87.7. The van der Waals surface area contributed by atoms with Crippen LogP contribution in [-0.2, 0) is 0 Å². The molecule has 304 valence electrons. The van der Waals surface area contributed by atoms with E-state index in [-0.39, 0.29) is 0 Å². The Kier molecular flexibility index (Phi) is 8.53. The maximum Gasteiger partial charge on any atom is 0.143 e. The van der Waals surface area contributed by atoms with E-state index >= 15 is 0 Å². The highest BCUT2D eigenvalue weighted by Crippen LogP contribution is 2.47. The molecule has 0 saturated carbocycles. The fraction of sp³-hybridized carbons (Fsp3) is 0. The van der Waals surface area contributed by atoms with Crippen LogP contribution in [0, 0.1) is 0 Å². The smallest absolute Gasteiger partial charge is 0.143 e. The highest BCUT2D eigenvalue weighted by atomic mass is 16.3. The third-order valence-electron chi connectivity index (χ3n) is 13.2. The van der Waals surface area contributed by atoms with Crippen molar-refractivity contribution in [2.75, 3.05) is 4.90 Å². The Balaban J connectivity index is 0.994. The van der Waals surface area contributed by atoms with Gasteiger partial charge in [0.05, 0.1) is 22.4 Å². The predicted molar refractivity (Wildman–Crippen MR) is 274 cm³/mol. The van der Waals surface area contributed by atoms with Crippen molar-refractivity contribution in [1.82, 2.24) is 4.57 Å². The van der Waals surface area contributed by atoms with Gasteiger partial charge in [-0.05, 0) is 105 Å². The molecule has 0 amide bonds. The van der Waals surface area contributed by atoms with Crippen LogP contribution in [-0.4, -0.2) is 4.57 Å². The second kappa shape index (κ2) is 15.0. The zero-order valence-electron chi connectivity index (χ0n) is 35.4. The lowest BCUT2D eigenvalue weighted by molar-refractivity contribution is 0.673. The number of nitrogens with zero attached hydrogens (tertiary/aromatic N) is 2. The van der Waals surface area contributed by atoms with E-state index in [1.807, 2.05) is 0 Å². The minimum Gasteiger partial charge on any atom is -0.455 e. The molecular weight excluding hydrogens is 789 g/mol. The molecule has 13 rings (SSSR count). The minimum absolute atomic E-state index is 0.875. The number of anilines is 3. The summed E-state index contributed by atoms with van der Waals surface area (Å²) in [5.74, 6) is 0. The van der Waals surface area contributed by atoms with Gasteiger partial charge in [0.15, 0.2) is 0 Å². The zero-order chi connectivity index (χ0) is 42.8. The maximum atomic E-state index is 6.72. The largest absolute Gasteiger partial charge is 0.455 e. The van der Waals surface area contributed by atoms with Crippen LogP contribution in [0.25, 0.3) is 104 Å². The predicted octanol–water partition coefficient (Wildman–Crippen LogP) is 17.5. The molecule has 0 N–H and O–H groups in total. The molecule has 0 unspecified atom stereocenters. The topological polar surface area (TPSA) is 21.3 Å². The molecule has 0 bridgehead atoms. The van der Waals surface area contributed by atoms with E-state index < -0.39 is 0 Å². The second-order valence-electron chi connectivity index (χ2n) is 16.8. The van der Waals surface area contributed by atoms with Crippen molar-refractivity contribution in [3.8, 4) is 39.1 Å². The van der Waals surface area contributed by atoms with Gasteiger partial charge in [-0.1, -0.05) is 176 Å². The average molecular weight is 829 g/mol. The van der Waals surface area contributed by atoms with Crippen molar-refractivity contribution < 1.29 is 4.42 Å². The summed E-state index contributed by atoms with van der Waals surface area (Å²) >= 11 is 0. The molecule has 0 aliphatic carbocycles. The third kappa shape index (κ3) is 6.05. The van der Waals surface area contributed by atoms with Crippen LogP contribution >= 0.6 is 0 Å². The molecule has 0 atom stereocenters. The number of fused-ring (bicyclic) bond motifs is 9. The molecule has 65 heavy (non-hydrogen) atoms. The number of furan rings is 1. The molecule has 0 radical (unpaired) electrons. The third-order valence-corrected chi connectivity index (χ3v) is 13.2. The van der Waals surface area contributed by atoms with Crippen LogP contribution in [0.1, 0.15) is 0 Å². The molecule has 13 aromatic rings. The van der Waals surface area contributed by atoms with Crippen LogP contribution in [0.2, 0.25) is 0 Å². The van der Waals surface area contributed by atoms with Crippen LogP contribution < -0.4 is 4.90 Å². The summed E-state index contributed by atoms with van der Waals surface area (Å²) in [5.41, 5.74) is 15.4. The molecule has 3 heteroatoms.